The second kappa shape index (κ2) is 10.3. The van der Waals surface area contributed by atoms with Crippen LogP contribution in [0.3, 0.4) is 0 Å². The Kier molecular flexibility index (Phi) is 7.26. The highest BCUT2D eigenvalue weighted by atomic mass is 19.1. The van der Waals surface area contributed by atoms with Gasteiger partial charge in [-0.05, 0) is 55.0 Å². The zero-order valence-corrected chi connectivity index (χ0v) is 16.6. The Morgan fingerprint density at radius 3 is 2.53 bits per heavy atom. The molecule has 0 spiro atoms. The summed E-state index contributed by atoms with van der Waals surface area (Å²) in [5.41, 5.74) is 1.63. The van der Waals surface area contributed by atoms with Crippen LogP contribution in [0, 0.1) is 5.82 Å². The highest BCUT2D eigenvalue weighted by molar-refractivity contribution is 5.93. The van der Waals surface area contributed by atoms with Crippen LogP contribution in [-0.4, -0.2) is 28.6 Å². The summed E-state index contributed by atoms with van der Waals surface area (Å²) in [4.78, 5) is 28.3. The van der Waals surface area contributed by atoms with Gasteiger partial charge in [-0.1, -0.05) is 18.5 Å². The molecular formula is C22H22FN3O4. The standard InChI is InChI=1S/C22H22FN3O4/c1-2-3-14-29-22(28)16-6-10-18(11-7-16)24-19(27)12-13-20-25-21(26-30-20)15-4-8-17(23)9-5-15/h4-11H,2-3,12-14H2,1H3,(H,24,27). The minimum absolute atomic E-state index is 0.145. The number of halogens is 1. The van der Waals surface area contributed by atoms with E-state index in [4.69, 9.17) is 9.26 Å². The number of hydrogen-bond acceptors (Lipinski definition) is 6. The van der Waals surface area contributed by atoms with E-state index in [9.17, 15) is 14.0 Å². The molecule has 1 heterocycles. The summed E-state index contributed by atoms with van der Waals surface area (Å²) in [5, 5.41) is 6.60. The molecule has 0 radical (unpaired) electrons. The van der Waals surface area contributed by atoms with E-state index >= 15 is 0 Å². The van der Waals surface area contributed by atoms with Crippen molar-refractivity contribution in [3.8, 4) is 11.4 Å². The molecule has 0 aliphatic carbocycles. The van der Waals surface area contributed by atoms with Crippen LogP contribution in [0.5, 0.6) is 0 Å². The van der Waals surface area contributed by atoms with Crippen LogP contribution >= 0.6 is 0 Å². The molecule has 1 amide bonds. The fourth-order valence-electron chi connectivity index (χ4n) is 2.60. The number of hydrogen-bond donors (Lipinski definition) is 1. The molecule has 7 nitrogen and oxygen atoms in total. The monoisotopic (exact) mass is 411 g/mol. The fourth-order valence-corrected chi connectivity index (χ4v) is 2.60. The van der Waals surface area contributed by atoms with Crippen LogP contribution in [0.25, 0.3) is 11.4 Å². The largest absolute Gasteiger partial charge is 0.462 e. The first-order valence-corrected chi connectivity index (χ1v) is 9.70. The maximum atomic E-state index is 13.0. The number of amides is 1. The van der Waals surface area contributed by atoms with Crippen molar-refractivity contribution < 1.29 is 23.2 Å². The van der Waals surface area contributed by atoms with Crippen LogP contribution in [0.15, 0.2) is 53.1 Å². The molecule has 0 fully saturated rings. The van der Waals surface area contributed by atoms with E-state index in [1.807, 2.05) is 6.92 Å². The first-order chi connectivity index (χ1) is 14.5. The topological polar surface area (TPSA) is 94.3 Å². The van der Waals surface area contributed by atoms with Crippen LogP contribution in [0.4, 0.5) is 10.1 Å². The average molecular weight is 411 g/mol. The number of unbranched alkanes of at least 4 members (excludes halogenated alkanes) is 1. The molecule has 0 saturated carbocycles. The van der Waals surface area contributed by atoms with Gasteiger partial charge in [-0.2, -0.15) is 4.98 Å². The van der Waals surface area contributed by atoms with Gasteiger partial charge in [0.1, 0.15) is 5.82 Å². The van der Waals surface area contributed by atoms with Crippen molar-refractivity contribution in [3.63, 3.8) is 0 Å². The molecule has 1 N–H and O–H groups in total. The van der Waals surface area contributed by atoms with Crippen molar-refractivity contribution in [2.24, 2.45) is 0 Å². The van der Waals surface area contributed by atoms with Crippen LogP contribution in [-0.2, 0) is 16.0 Å². The third-order valence-electron chi connectivity index (χ3n) is 4.27. The zero-order valence-electron chi connectivity index (χ0n) is 16.6. The molecule has 0 saturated heterocycles. The summed E-state index contributed by atoms with van der Waals surface area (Å²) < 4.78 is 23.3. The lowest BCUT2D eigenvalue weighted by molar-refractivity contribution is -0.116. The average Bonchev–Trinajstić information content (AvgIpc) is 3.22. The quantitative estimate of drug-likeness (QED) is 0.414. The van der Waals surface area contributed by atoms with Gasteiger partial charge in [0.15, 0.2) is 0 Å². The number of rotatable bonds is 9. The van der Waals surface area contributed by atoms with Crippen molar-refractivity contribution in [3.05, 3.63) is 65.8 Å². The minimum atomic E-state index is -0.380. The van der Waals surface area contributed by atoms with Gasteiger partial charge in [0.2, 0.25) is 17.6 Å². The van der Waals surface area contributed by atoms with Gasteiger partial charge in [0.25, 0.3) is 0 Å². The molecule has 2 aromatic carbocycles. The van der Waals surface area contributed by atoms with Crippen LogP contribution < -0.4 is 5.32 Å². The van der Waals surface area contributed by atoms with E-state index in [0.29, 0.717) is 35.1 Å². The van der Waals surface area contributed by atoms with Crippen LogP contribution in [0.1, 0.15) is 42.4 Å². The molecule has 3 rings (SSSR count). The predicted octanol–water partition coefficient (Wildman–Crippen LogP) is 4.40. The number of esters is 1. The molecule has 30 heavy (non-hydrogen) atoms. The molecule has 0 unspecified atom stereocenters. The number of carbonyl (C=O) groups is 2. The number of nitrogens with zero attached hydrogens (tertiary/aromatic N) is 2. The Hall–Kier alpha value is -3.55. The SMILES string of the molecule is CCCCOC(=O)c1ccc(NC(=O)CCc2nc(-c3ccc(F)cc3)no2)cc1. The van der Waals surface area contributed by atoms with E-state index in [2.05, 4.69) is 15.5 Å². The van der Waals surface area contributed by atoms with E-state index in [0.717, 1.165) is 12.8 Å². The Morgan fingerprint density at radius 1 is 1.10 bits per heavy atom. The van der Waals surface area contributed by atoms with Crippen molar-refractivity contribution in [1.82, 2.24) is 10.1 Å². The minimum Gasteiger partial charge on any atom is -0.462 e. The molecule has 0 atom stereocenters. The third kappa shape index (κ3) is 5.97. The van der Waals surface area contributed by atoms with Crippen molar-refractivity contribution in [2.75, 3.05) is 11.9 Å². The molecule has 3 aromatic rings. The number of nitrogens with one attached hydrogen (secondary N) is 1. The molecule has 0 aliphatic heterocycles. The molecule has 8 heteroatoms. The maximum Gasteiger partial charge on any atom is 0.338 e. The van der Waals surface area contributed by atoms with E-state index < -0.39 is 0 Å². The predicted molar refractivity (Wildman–Crippen MR) is 108 cm³/mol. The number of anilines is 1. The van der Waals surface area contributed by atoms with E-state index in [1.165, 1.54) is 12.1 Å². The first kappa shape index (κ1) is 21.2. The van der Waals surface area contributed by atoms with E-state index in [-0.39, 0.29) is 30.5 Å². The van der Waals surface area contributed by atoms with Crippen molar-refractivity contribution in [2.45, 2.75) is 32.6 Å². The van der Waals surface area contributed by atoms with Gasteiger partial charge in [0, 0.05) is 24.1 Å². The Bertz CT molecular complexity index is 984. The molecule has 0 bridgehead atoms. The van der Waals surface area contributed by atoms with Gasteiger partial charge < -0.3 is 14.6 Å². The number of aryl methyl sites for hydroxylation is 1. The second-order valence-corrected chi connectivity index (χ2v) is 6.63. The van der Waals surface area contributed by atoms with Crippen molar-refractivity contribution >= 4 is 17.6 Å². The number of aromatic nitrogens is 2. The highest BCUT2D eigenvalue weighted by Gasteiger charge is 2.12. The number of carbonyl (C=O) groups excluding carboxylic acids is 2. The second-order valence-electron chi connectivity index (χ2n) is 6.63. The molecule has 1 aromatic heterocycles. The number of benzene rings is 2. The molecule has 156 valence electrons. The summed E-state index contributed by atoms with van der Waals surface area (Å²) in [6, 6.07) is 12.2. The lowest BCUT2D eigenvalue weighted by Crippen LogP contribution is -2.13. The lowest BCUT2D eigenvalue weighted by atomic mass is 10.2. The summed E-state index contributed by atoms with van der Waals surface area (Å²) in [6.45, 7) is 2.42. The third-order valence-corrected chi connectivity index (χ3v) is 4.27. The summed E-state index contributed by atoms with van der Waals surface area (Å²) in [7, 11) is 0. The van der Waals surface area contributed by atoms with Gasteiger partial charge in [0.05, 0.1) is 12.2 Å². The van der Waals surface area contributed by atoms with Gasteiger partial charge >= 0.3 is 5.97 Å². The lowest BCUT2D eigenvalue weighted by Gasteiger charge is -2.06. The van der Waals surface area contributed by atoms with Gasteiger partial charge in [-0.25, -0.2) is 9.18 Å². The molecular weight excluding hydrogens is 389 g/mol. The Balaban J connectivity index is 1.48. The van der Waals surface area contributed by atoms with Crippen molar-refractivity contribution in [1.29, 1.82) is 0 Å². The fraction of sp³-hybridized carbons (Fsp3) is 0.273. The van der Waals surface area contributed by atoms with E-state index in [1.54, 1.807) is 36.4 Å². The normalized spacial score (nSPS) is 10.6. The Morgan fingerprint density at radius 2 is 1.83 bits per heavy atom. The Labute approximate surface area is 173 Å². The van der Waals surface area contributed by atoms with Gasteiger partial charge in [-0.3, -0.25) is 4.79 Å². The highest BCUT2D eigenvalue weighted by Crippen LogP contribution is 2.17. The summed E-state index contributed by atoms with van der Waals surface area (Å²) in [6.07, 6.45) is 2.19. The van der Waals surface area contributed by atoms with Crippen LogP contribution in [0.2, 0.25) is 0 Å². The maximum absolute atomic E-state index is 13.0. The summed E-state index contributed by atoms with van der Waals surface area (Å²) >= 11 is 0. The summed E-state index contributed by atoms with van der Waals surface area (Å²) in [5.74, 6) is -0.300. The molecule has 0 aliphatic rings. The first-order valence-electron chi connectivity index (χ1n) is 9.70. The smallest absolute Gasteiger partial charge is 0.338 e. The van der Waals surface area contributed by atoms with Gasteiger partial charge in [-0.15, -0.1) is 0 Å². The number of ether oxygens (including phenoxy) is 1. The zero-order chi connectivity index (χ0) is 21.3.